The Labute approximate surface area is 168 Å². The maximum absolute atomic E-state index is 11.7. The normalized spacial score (nSPS) is 32.4. The third-order valence-corrected chi connectivity index (χ3v) is 5.98. The molecule has 6 atom stereocenters. The Morgan fingerprint density at radius 1 is 1.07 bits per heavy atom. The average Bonchev–Trinajstić information content (AvgIpc) is 2.72. The van der Waals surface area contributed by atoms with Gasteiger partial charge >= 0.3 is 0 Å². The number of aliphatic hydroxyl groups is 1. The van der Waals surface area contributed by atoms with Gasteiger partial charge in [-0.05, 0) is 12.1 Å². The number of amides is 1. The van der Waals surface area contributed by atoms with Crippen molar-refractivity contribution in [1.29, 1.82) is 0 Å². The van der Waals surface area contributed by atoms with Crippen molar-refractivity contribution in [3.63, 3.8) is 0 Å². The molecular weight excluding hydrogens is 378 g/mol. The molecule has 0 saturated carbocycles. The first kappa shape index (κ1) is 19.4. The fourth-order valence-corrected chi connectivity index (χ4v) is 4.65. The van der Waals surface area contributed by atoms with Gasteiger partial charge in [-0.25, -0.2) is 0 Å². The van der Waals surface area contributed by atoms with Gasteiger partial charge in [-0.2, -0.15) is 0 Å². The van der Waals surface area contributed by atoms with Gasteiger partial charge in [-0.1, -0.05) is 60.3 Å². The van der Waals surface area contributed by atoms with Crippen molar-refractivity contribution in [1.82, 2.24) is 5.32 Å². The average molecular weight is 401 g/mol. The van der Waals surface area contributed by atoms with E-state index < -0.39 is 36.1 Å². The third-order valence-electron chi connectivity index (χ3n) is 4.80. The Morgan fingerprint density at radius 2 is 1.75 bits per heavy atom. The fourth-order valence-electron chi connectivity index (χ4n) is 3.49. The van der Waals surface area contributed by atoms with Gasteiger partial charge in [-0.15, -0.1) is 0 Å². The zero-order chi connectivity index (χ0) is 19.5. The number of thioether (sulfide) groups is 1. The molecule has 6 nitrogen and oxygen atoms in total. The summed E-state index contributed by atoms with van der Waals surface area (Å²) in [6.45, 7) is 1.74. The van der Waals surface area contributed by atoms with Gasteiger partial charge < -0.3 is 24.6 Å². The van der Waals surface area contributed by atoms with Crippen LogP contribution in [-0.4, -0.2) is 47.4 Å². The second-order valence-electron chi connectivity index (χ2n) is 6.87. The van der Waals surface area contributed by atoms with E-state index in [1.54, 1.807) is 0 Å². The van der Waals surface area contributed by atoms with E-state index >= 15 is 0 Å². The molecule has 0 spiro atoms. The summed E-state index contributed by atoms with van der Waals surface area (Å²) in [5.41, 5.74) is 0.424. The third kappa shape index (κ3) is 4.24. The lowest BCUT2D eigenvalue weighted by Gasteiger charge is -2.47. The molecule has 0 bridgehead atoms. The molecule has 0 radical (unpaired) electrons. The molecule has 4 rings (SSSR count). The zero-order valence-electron chi connectivity index (χ0n) is 15.4. The highest BCUT2D eigenvalue weighted by molar-refractivity contribution is 7.99. The van der Waals surface area contributed by atoms with Crippen LogP contribution in [0.25, 0.3) is 0 Å². The molecule has 148 valence electrons. The lowest BCUT2D eigenvalue weighted by molar-refractivity contribution is -0.306. The highest BCUT2D eigenvalue weighted by Gasteiger charge is 2.49. The van der Waals surface area contributed by atoms with Gasteiger partial charge in [0, 0.05) is 17.4 Å². The molecule has 2 aromatic rings. The van der Waals surface area contributed by atoms with Gasteiger partial charge in [0.1, 0.15) is 23.7 Å². The minimum atomic E-state index is -0.918. The van der Waals surface area contributed by atoms with Gasteiger partial charge in [-0.3, -0.25) is 4.79 Å². The quantitative estimate of drug-likeness (QED) is 0.820. The number of hydrogen-bond acceptors (Lipinski definition) is 6. The predicted octanol–water partition coefficient (Wildman–Crippen LogP) is 2.48. The van der Waals surface area contributed by atoms with E-state index in [0.29, 0.717) is 6.61 Å². The number of fused-ring (bicyclic) bond motifs is 1. The SMILES string of the molecule is CC(=O)N[C@@H]1[C@@H](O)[C@@H]2OC(c3ccccc3)OCC2O[C@H]1Sc1ccccc1. The van der Waals surface area contributed by atoms with E-state index in [4.69, 9.17) is 14.2 Å². The van der Waals surface area contributed by atoms with E-state index in [1.165, 1.54) is 18.7 Å². The Morgan fingerprint density at radius 3 is 2.43 bits per heavy atom. The highest BCUT2D eigenvalue weighted by atomic mass is 32.2. The first-order valence-corrected chi connectivity index (χ1v) is 10.1. The molecule has 2 fully saturated rings. The van der Waals surface area contributed by atoms with Crippen molar-refractivity contribution in [2.45, 2.75) is 47.9 Å². The van der Waals surface area contributed by atoms with Crippen LogP contribution in [0.15, 0.2) is 65.6 Å². The minimum absolute atomic E-state index is 0.226. The van der Waals surface area contributed by atoms with E-state index in [-0.39, 0.29) is 5.91 Å². The number of aliphatic hydroxyl groups excluding tert-OH is 1. The maximum Gasteiger partial charge on any atom is 0.217 e. The molecule has 2 unspecified atom stereocenters. The molecule has 1 amide bonds. The number of ether oxygens (including phenoxy) is 3. The molecule has 2 aromatic carbocycles. The minimum Gasteiger partial charge on any atom is -0.388 e. The lowest BCUT2D eigenvalue weighted by Crippen LogP contribution is -2.65. The molecule has 7 heteroatoms. The molecule has 28 heavy (non-hydrogen) atoms. The van der Waals surface area contributed by atoms with Crippen LogP contribution < -0.4 is 5.32 Å². The van der Waals surface area contributed by atoms with Crippen LogP contribution in [0.1, 0.15) is 18.8 Å². The summed E-state index contributed by atoms with van der Waals surface area (Å²) >= 11 is 1.46. The predicted molar refractivity (Wildman–Crippen MR) is 105 cm³/mol. The summed E-state index contributed by atoms with van der Waals surface area (Å²) in [4.78, 5) is 12.7. The van der Waals surface area contributed by atoms with Crippen molar-refractivity contribution >= 4 is 17.7 Å². The first-order chi connectivity index (χ1) is 13.6. The molecule has 2 saturated heterocycles. The van der Waals surface area contributed by atoms with Gasteiger partial charge in [0.25, 0.3) is 0 Å². The van der Waals surface area contributed by atoms with E-state index in [2.05, 4.69) is 5.32 Å². The number of carbonyl (C=O) groups is 1. The summed E-state index contributed by atoms with van der Waals surface area (Å²) in [5, 5.41) is 13.9. The number of benzene rings is 2. The van der Waals surface area contributed by atoms with Crippen LogP contribution in [0.4, 0.5) is 0 Å². The van der Waals surface area contributed by atoms with Crippen LogP contribution in [0.2, 0.25) is 0 Å². The Balaban J connectivity index is 1.53. The van der Waals surface area contributed by atoms with Gasteiger partial charge in [0.05, 0.1) is 12.6 Å². The Bertz CT molecular complexity index is 790. The summed E-state index contributed by atoms with van der Waals surface area (Å²) in [5.74, 6) is -0.226. The van der Waals surface area contributed by atoms with E-state index in [9.17, 15) is 9.90 Å². The number of carbonyl (C=O) groups excluding carboxylic acids is 1. The summed E-state index contributed by atoms with van der Waals surface area (Å²) < 4.78 is 18.1. The number of hydrogen-bond donors (Lipinski definition) is 2. The maximum atomic E-state index is 11.7. The Kier molecular flexibility index (Phi) is 5.99. The number of rotatable bonds is 4. The standard InChI is InChI=1S/C21H23NO5S/c1-13(23)22-17-18(24)19-16(26-21(17)28-15-10-6-3-7-11-15)12-25-20(27-19)14-8-4-2-5-9-14/h2-11,16-21,24H,12H2,1H3,(H,22,23)/t16?,17-,18-,19-,20?,21+/m1/s1. The molecular formula is C21H23NO5S. The van der Waals surface area contributed by atoms with Crippen molar-refractivity contribution < 1.29 is 24.1 Å². The molecule has 2 heterocycles. The van der Waals surface area contributed by atoms with Crippen molar-refractivity contribution in [2.24, 2.45) is 0 Å². The van der Waals surface area contributed by atoms with Crippen LogP contribution in [-0.2, 0) is 19.0 Å². The van der Waals surface area contributed by atoms with Gasteiger partial charge in [0.15, 0.2) is 6.29 Å². The second-order valence-corrected chi connectivity index (χ2v) is 8.04. The zero-order valence-corrected chi connectivity index (χ0v) is 16.2. The summed E-state index contributed by atoms with van der Waals surface area (Å²) in [6.07, 6.45) is -2.50. The van der Waals surface area contributed by atoms with E-state index in [1.807, 2.05) is 60.7 Å². The molecule has 0 aromatic heterocycles. The smallest absolute Gasteiger partial charge is 0.217 e. The van der Waals surface area contributed by atoms with E-state index in [0.717, 1.165) is 10.5 Å². The monoisotopic (exact) mass is 401 g/mol. The van der Waals surface area contributed by atoms with Crippen molar-refractivity contribution in [2.75, 3.05) is 6.61 Å². The topological polar surface area (TPSA) is 77.0 Å². The molecule has 0 aliphatic carbocycles. The number of nitrogens with one attached hydrogen (secondary N) is 1. The lowest BCUT2D eigenvalue weighted by atomic mass is 9.96. The highest BCUT2D eigenvalue weighted by Crippen LogP contribution is 2.38. The second kappa shape index (κ2) is 8.63. The van der Waals surface area contributed by atoms with Crippen LogP contribution in [0, 0.1) is 0 Å². The van der Waals surface area contributed by atoms with Crippen LogP contribution in [0.5, 0.6) is 0 Å². The molecule has 2 aliphatic heterocycles. The Hall–Kier alpha value is -1.90. The van der Waals surface area contributed by atoms with Crippen molar-refractivity contribution in [3.8, 4) is 0 Å². The van der Waals surface area contributed by atoms with Gasteiger partial charge in [0.2, 0.25) is 5.91 Å². The van der Waals surface area contributed by atoms with Crippen LogP contribution in [0.3, 0.4) is 0 Å². The summed E-state index contributed by atoms with van der Waals surface area (Å²) in [7, 11) is 0. The molecule has 2 aliphatic rings. The van der Waals surface area contributed by atoms with Crippen molar-refractivity contribution in [3.05, 3.63) is 66.2 Å². The summed E-state index contributed by atoms with van der Waals surface area (Å²) in [6, 6.07) is 18.7. The first-order valence-electron chi connectivity index (χ1n) is 9.26. The fraction of sp³-hybridized carbons (Fsp3) is 0.381. The molecule has 2 N–H and O–H groups in total. The van der Waals surface area contributed by atoms with Crippen LogP contribution >= 0.6 is 11.8 Å². The largest absolute Gasteiger partial charge is 0.388 e.